The van der Waals surface area contributed by atoms with Crippen LogP contribution in [0, 0.1) is 13.8 Å². The van der Waals surface area contributed by atoms with Gasteiger partial charge in [-0.1, -0.05) is 13.0 Å². The molecule has 0 spiro atoms. The molecule has 1 aliphatic heterocycles. The number of sulfonamides is 1. The first-order valence-corrected chi connectivity index (χ1v) is 8.56. The molecule has 0 amide bonds. The Hall–Kier alpha value is -0.910. The molecule has 2 atom stereocenters. The molecule has 112 valence electrons. The maximum Gasteiger partial charge on any atom is 0.243 e. The summed E-state index contributed by atoms with van der Waals surface area (Å²) < 4.78 is 27.2. The average molecular weight is 297 g/mol. The topological polar surface area (TPSA) is 57.6 Å². The Balaban J connectivity index is 2.38. The second-order valence-corrected chi connectivity index (χ2v) is 7.57. The lowest BCUT2D eigenvalue weighted by atomic mass is 10.0. The molecule has 1 aromatic carbocycles. The first-order chi connectivity index (χ1) is 9.34. The summed E-state index contributed by atoms with van der Waals surface area (Å²) in [6.45, 7) is 6.17. The van der Waals surface area contributed by atoms with E-state index in [0.29, 0.717) is 24.3 Å². The van der Waals surface area contributed by atoms with Gasteiger partial charge in [0.25, 0.3) is 0 Å². The van der Waals surface area contributed by atoms with Crippen LogP contribution in [0.4, 0.5) is 0 Å². The first kappa shape index (κ1) is 15.5. The Morgan fingerprint density at radius 3 is 2.40 bits per heavy atom. The van der Waals surface area contributed by atoms with Crippen molar-refractivity contribution in [1.82, 2.24) is 4.31 Å². The summed E-state index contributed by atoms with van der Waals surface area (Å²) in [6, 6.07) is 5.31. The smallest absolute Gasteiger partial charge is 0.243 e. The highest BCUT2D eigenvalue weighted by Gasteiger charge is 2.35. The molecule has 2 rings (SSSR count). The number of aryl methyl sites for hydroxylation is 2. The molecule has 1 N–H and O–H groups in total. The van der Waals surface area contributed by atoms with Crippen molar-refractivity contribution >= 4 is 10.0 Å². The van der Waals surface area contributed by atoms with E-state index in [1.807, 2.05) is 26.8 Å². The predicted octanol–water partition coefficient (Wildman–Crippen LogP) is 2.23. The number of aliphatic hydroxyl groups is 1. The van der Waals surface area contributed by atoms with E-state index in [0.717, 1.165) is 17.5 Å². The molecule has 1 saturated heterocycles. The number of benzene rings is 1. The van der Waals surface area contributed by atoms with E-state index in [2.05, 4.69) is 0 Å². The van der Waals surface area contributed by atoms with Crippen LogP contribution in [-0.4, -0.2) is 36.5 Å². The van der Waals surface area contributed by atoms with Gasteiger partial charge < -0.3 is 5.11 Å². The van der Waals surface area contributed by atoms with E-state index in [1.54, 1.807) is 16.4 Å². The molecule has 1 heterocycles. The van der Waals surface area contributed by atoms with E-state index in [4.69, 9.17) is 0 Å². The van der Waals surface area contributed by atoms with E-state index in [-0.39, 0.29) is 12.1 Å². The van der Waals surface area contributed by atoms with E-state index in [9.17, 15) is 13.5 Å². The van der Waals surface area contributed by atoms with Gasteiger partial charge in [0.15, 0.2) is 0 Å². The molecule has 20 heavy (non-hydrogen) atoms. The summed E-state index contributed by atoms with van der Waals surface area (Å²) in [5, 5.41) is 9.73. The van der Waals surface area contributed by atoms with Crippen LogP contribution in [-0.2, 0) is 10.0 Å². The zero-order valence-corrected chi connectivity index (χ0v) is 13.2. The van der Waals surface area contributed by atoms with Gasteiger partial charge in [0.1, 0.15) is 0 Å². The van der Waals surface area contributed by atoms with Crippen molar-refractivity contribution < 1.29 is 13.5 Å². The Kier molecular flexibility index (Phi) is 4.52. The zero-order valence-electron chi connectivity index (χ0n) is 12.3. The average Bonchev–Trinajstić information content (AvgIpc) is 2.37. The molecule has 5 heteroatoms. The van der Waals surface area contributed by atoms with E-state index in [1.165, 1.54) is 0 Å². The fourth-order valence-electron chi connectivity index (χ4n) is 2.91. The summed E-state index contributed by atoms with van der Waals surface area (Å²) in [5.41, 5.74) is 1.90. The molecule has 0 bridgehead atoms. The van der Waals surface area contributed by atoms with Crippen LogP contribution in [0.3, 0.4) is 0 Å². The molecule has 0 saturated carbocycles. The standard InChI is InChI=1S/C15H23NO3S/c1-4-13-10-14(17)5-6-16(13)20(18,19)15-8-11(2)7-12(3)9-15/h7-9,13-14,17H,4-6,10H2,1-3H3/t13-,14-/m0/s1. The minimum Gasteiger partial charge on any atom is -0.393 e. The van der Waals surface area contributed by atoms with Gasteiger partial charge in [-0.05, 0) is 56.4 Å². The van der Waals surface area contributed by atoms with Crippen LogP contribution >= 0.6 is 0 Å². The molecule has 0 unspecified atom stereocenters. The maximum absolute atomic E-state index is 12.8. The number of aliphatic hydroxyl groups excluding tert-OH is 1. The third-order valence-corrected chi connectivity index (χ3v) is 5.84. The van der Waals surface area contributed by atoms with Gasteiger partial charge in [-0.15, -0.1) is 0 Å². The molecular weight excluding hydrogens is 274 g/mol. The molecule has 4 nitrogen and oxygen atoms in total. The van der Waals surface area contributed by atoms with Crippen LogP contribution < -0.4 is 0 Å². The quantitative estimate of drug-likeness (QED) is 0.930. The molecule has 1 aliphatic rings. The Labute approximate surface area is 121 Å². The van der Waals surface area contributed by atoms with Gasteiger partial charge >= 0.3 is 0 Å². The highest BCUT2D eigenvalue weighted by atomic mass is 32.2. The normalized spacial score (nSPS) is 24.8. The lowest BCUT2D eigenvalue weighted by molar-refractivity contribution is 0.0797. The Morgan fingerprint density at radius 1 is 1.25 bits per heavy atom. The number of hydrogen-bond acceptors (Lipinski definition) is 3. The minimum atomic E-state index is -3.47. The predicted molar refractivity (Wildman–Crippen MR) is 79.1 cm³/mol. The SMILES string of the molecule is CC[C@H]1C[C@@H](O)CCN1S(=O)(=O)c1cc(C)cc(C)c1. The van der Waals surface area contributed by atoms with Gasteiger partial charge in [-0.2, -0.15) is 4.31 Å². The summed E-state index contributed by atoms with van der Waals surface area (Å²) in [4.78, 5) is 0.366. The molecule has 1 aromatic rings. The number of rotatable bonds is 3. The van der Waals surface area contributed by atoms with Crippen molar-refractivity contribution in [2.24, 2.45) is 0 Å². The van der Waals surface area contributed by atoms with Gasteiger partial charge in [-0.3, -0.25) is 0 Å². The van der Waals surface area contributed by atoms with Gasteiger partial charge in [0.05, 0.1) is 11.0 Å². The fourth-order valence-corrected chi connectivity index (χ4v) is 4.83. The third-order valence-electron chi connectivity index (χ3n) is 3.91. The molecule has 0 aliphatic carbocycles. The van der Waals surface area contributed by atoms with Gasteiger partial charge in [-0.25, -0.2) is 8.42 Å². The van der Waals surface area contributed by atoms with Crippen LogP contribution in [0.15, 0.2) is 23.1 Å². The number of piperidine rings is 1. The summed E-state index contributed by atoms with van der Waals surface area (Å²) in [5.74, 6) is 0. The van der Waals surface area contributed by atoms with Crippen LogP contribution in [0.2, 0.25) is 0 Å². The molecule has 0 aromatic heterocycles. The van der Waals surface area contributed by atoms with Gasteiger partial charge in [0.2, 0.25) is 10.0 Å². The summed E-state index contributed by atoms with van der Waals surface area (Å²) in [7, 11) is -3.47. The van der Waals surface area contributed by atoms with Crippen LogP contribution in [0.1, 0.15) is 37.3 Å². The summed E-state index contributed by atoms with van der Waals surface area (Å²) >= 11 is 0. The summed E-state index contributed by atoms with van der Waals surface area (Å²) in [6.07, 6.45) is 1.38. The second-order valence-electron chi connectivity index (χ2n) is 5.68. The fraction of sp³-hybridized carbons (Fsp3) is 0.600. The lowest BCUT2D eigenvalue weighted by Gasteiger charge is -2.36. The number of hydrogen-bond donors (Lipinski definition) is 1. The van der Waals surface area contributed by atoms with Gasteiger partial charge in [0, 0.05) is 12.6 Å². The Bertz CT molecular complexity index is 563. The van der Waals surface area contributed by atoms with Crippen molar-refractivity contribution in [1.29, 1.82) is 0 Å². The molecular formula is C15H23NO3S. The van der Waals surface area contributed by atoms with Crippen molar-refractivity contribution in [3.05, 3.63) is 29.3 Å². The largest absolute Gasteiger partial charge is 0.393 e. The maximum atomic E-state index is 12.8. The van der Waals surface area contributed by atoms with Crippen molar-refractivity contribution in [3.8, 4) is 0 Å². The van der Waals surface area contributed by atoms with Crippen LogP contribution in [0.5, 0.6) is 0 Å². The zero-order chi connectivity index (χ0) is 14.9. The molecule has 1 fully saturated rings. The third kappa shape index (κ3) is 3.05. The Morgan fingerprint density at radius 2 is 1.85 bits per heavy atom. The van der Waals surface area contributed by atoms with Crippen molar-refractivity contribution in [3.63, 3.8) is 0 Å². The highest BCUT2D eigenvalue weighted by Crippen LogP contribution is 2.28. The van der Waals surface area contributed by atoms with Crippen LogP contribution in [0.25, 0.3) is 0 Å². The van der Waals surface area contributed by atoms with E-state index >= 15 is 0 Å². The second kappa shape index (κ2) is 5.84. The lowest BCUT2D eigenvalue weighted by Crippen LogP contribution is -2.47. The molecule has 0 radical (unpaired) electrons. The highest BCUT2D eigenvalue weighted by molar-refractivity contribution is 7.89. The monoisotopic (exact) mass is 297 g/mol. The van der Waals surface area contributed by atoms with Crippen molar-refractivity contribution in [2.75, 3.05) is 6.54 Å². The number of nitrogens with zero attached hydrogens (tertiary/aromatic N) is 1. The minimum absolute atomic E-state index is 0.107. The first-order valence-electron chi connectivity index (χ1n) is 7.12. The van der Waals surface area contributed by atoms with Crippen molar-refractivity contribution in [2.45, 2.75) is 57.1 Å². The van der Waals surface area contributed by atoms with E-state index < -0.39 is 10.0 Å².